The summed E-state index contributed by atoms with van der Waals surface area (Å²) in [5.41, 5.74) is -1.07. The third kappa shape index (κ3) is 2.41. The number of carbonyl (C=O) groups excluding carboxylic acids is 3. The van der Waals surface area contributed by atoms with E-state index in [1.807, 2.05) is 11.9 Å². The van der Waals surface area contributed by atoms with E-state index in [1.165, 1.54) is 7.11 Å². The fourth-order valence-corrected chi connectivity index (χ4v) is 4.09. The molecule has 2 fully saturated rings. The second kappa shape index (κ2) is 6.36. The van der Waals surface area contributed by atoms with Crippen molar-refractivity contribution in [2.45, 2.75) is 37.5 Å². The minimum atomic E-state index is -1.47. The summed E-state index contributed by atoms with van der Waals surface area (Å²) < 4.78 is 10.6. The normalized spacial score (nSPS) is 32.2. The Morgan fingerprint density at radius 1 is 1.25 bits per heavy atom. The number of fused-ring (bicyclic) bond motifs is 2. The third-order valence-electron chi connectivity index (χ3n) is 5.40. The SMILES string of the molecule is COC(=O)[C@@]1(C=O)[C@@H](OC(=O)c2ccccc2)C[C@H]2CC[C@@H]1N2C. The van der Waals surface area contributed by atoms with E-state index in [0.29, 0.717) is 24.7 Å². The average Bonchev–Trinajstić information content (AvgIpc) is 2.88. The molecule has 3 rings (SSSR count). The third-order valence-corrected chi connectivity index (χ3v) is 5.40. The van der Waals surface area contributed by atoms with Crippen LogP contribution in [-0.4, -0.2) is 55.5 Å². The molecule has 0 N–H and O–H groups in total. The van der Waals surface area contributed by atoms with E-state index in [9.17, 15) is 14.4 Å². The maximum Gasteiger partial charge on any atom is 0.338 e. The lowest BCUT2D eigenvalue weighted by Crippen LogP contribution is -2.63. The van der Waals surface area contributed by atoms with Crippen LogP contribution in [-0.2, 0) is 19.1 Å². The zero-order valence-electron chi connectivity index (χ0n) is 13.8. The van der Waals surface area contributed by atoms with Gasteiger partial charge in [-0.15, -0.1) is 0 Å². The maximum absolute atomic E-state index is 12.5. The quantitative estimate of drug-likeness (QED) is 0.472. The van der Waals surface area contributed by atoms with E-state index < -0.39 is 23.5 Å². The van der Waals surface area contributed by atoms with Gasteiger partial charge in [-0.1, -0.05) is 18.2 Å². The highest BCUT2D eigenvalue weighted by Gasteiger charge is 2.62. The van der Waals surface area contributed by atoms with E-state index >= 15 is 0 Å². The van der Waals surface area contributed by atoms with E-state index in [0.717, 1.165) is 6.42 Å². The highest BCUT2D eigenvalue weighted by molar-refractivity contribution is 5.96. The molecule has 2 saturated heterocycles. The summed E-state index contributed by atoms with van der Waals surface area (Å²) in [5.74, 6) is -1.17. The molecular weight excluding hydrogens is 310 g/mol. The van der Waals surface area contributed by atoms with Crippen LogP contribution in [0.1, 0.15) is 29.6 Å². The van der Waals surface area contributed by atoms with Gasteiger partial charge in [-0.2, -0.15) is 0 Å². The fraction of sp³-hybridized carbons (Fsp3) is 0.500. The Kier molecular flexibility index (Phi) is 4.41. The number of hydrogen-bond acceptors (Lipinski definition) is 6. The van der Waals surface area contributed by atoms with Crippen molar-refractivity contribution in [2.75, 3.05) is 14.2 Å². The van der Waals surface area contributed by atoms with Crippen LogP contribution in [0.5, 0.6) is 0 Å². The van der Waals surface area contributed by atoms with Gasteiger partial charge in [0.25, 0.3) is 0 Å². The molecule has 0 amide bonds. The molecule has 2 aliphatic rings. The van der Waals surface area contributed by atoms with Crippen molar-refractivity contribution in [2.24, 2.45) is 5.41 Å². The molecule has 0 saturated carbocycles. The number of ether oxygens (including phenoxy) is 2. The molecule has 128 valence electrons. The summed E-state index contributed by atoms with van der Waals surface area (Å²) in [4.78, 5) is 39.0. The molecule has 0 spiro atoms. The van der Waals surface area contributed by atoms with Gasteiger partial charge in [0.15, 0.2) is 5.41 Å². The average molecular weight is 331 g/mol. The first kappa shape index (κ1) is 16.6. The number of aldehydes is 1. The predicted molar refractivity (Wildman–Crippen MR) is 85.3 cm³/mol. The Morgan fingerprint density at radius 3 is 2.58 bits per heavy atom. The topological polar surface area (TPSA) is 72.9 Å². The number of benzene rings is 1. The summed E-state index contributed by atoms with van der Waals surface area (Å²) >= 11 is 0. The van der Waals surface area contributed by atoms with Gasteiger partial charge in [-0.3, -0.25) is 9.69 Å². The van der Waals surface area contributed by atoms with Crippen LogP contribution in [0.25, 0.3) is 0 Å². The van der Waals surface area contributed by atoms with Crippen molar-refractivity contribution in [3.63, 3.8) is 0 Å². The van der Waals surface area contributed by atoms with Crippen LogP contribution in [0.3, 0.4) is 0 Å². The summed E-state index contributed by atoms with van der Waals surface area (Å²) in [5, 5.41) is 0. The van der Waals surface area contributed by atoms with Crippen molar-refractivity contribution in [1.29, 1.82) is 0 Å². The lowest BCUT2D eigenvalue weighted by atomic mass is 9.72. The number of hydrogen-bond donors (Lipinski definition) is 0. The summed E-state index contributed by atoms with van der Waals surface area (Å²) in [6.45, 7) is 0. The Balaban J connectivity index is 1.94. The largest absolute Gasteiger partial charge is 0.468 e. The molecule has 1 aromatic rings. The van der Waals surface area contributed by atoms with Crippen molar-refractivity contribution in [1.82, 2.24) is 4.90 Å². The molecular formula is C18H21NO5. The maximum atomic E-state index is 12.5. The van der Waals surface area contributed by atoms with Crippen LogP contribution < -0.4 is 0 Å². The molecule has 6 nitrogen and oxygen atoms in total. The van der Waals surface area contributed by atoms with Gasteiger partial charge in [0.05, 0.1) is 12.7 Å². The second-order valence-electron chi connectivity index (χ2n) is 6.45. The number of rotatable bonds is 4. The van der Waals surface area contributed by atoms with Crippen LogP contribution in [0.4, 0.5) is 0 Å². The van der Waals surface area contributed by atoms with Crippen molar-refractivity contribution < 1.29 is 23.9 Å². The van der Waals surface area contributed by atoms with Gasteiger partial charge in [0, 0.05) is 18.5 Å². The van der Waals surface area contributed by atoms with E-state index in [4.69, 9.17) is 9.47 Å². The van der Waals surface area contributed by atoms with Crippen molar-refractivity contribution >= 4 is 18.2 Å². The van der Waals surface area contributed by atoms with Gasteiger partial charge >= 0.3 is 11.9 Å². The highest BCUT2D eigenvalue weighted by Crippen LogP contribution is 2.47. The minimum Gasteiger partial charge on any atom is -0.468 e. The zero-order chi connectivity index (χ0) is 17.3. The monoisotopic (exact) mass is 331 g/mol. The van der Waals surface area contributed by atoms with Crippen LogP contribution >= 0.6 is 0 Å². The molecule has 0 unspecified atom stereocenters. The molecule has 24 heavy (non-hydrogen) atoms. The lowest BCUT2D eigenvalue weighted by molar-refractivity contribution is -0.173. The highest BCUT2D eigenvalue weighted by atomic mass is 16.6. The van der Waals surface area contributed by atoms with Crippen LogP contribution in [0, 0.1) is 5.41 Å². The van der Waals surface area contributed by atoms with Gasteiger partial charge in [0.2, 0.25) is 0 Å². The fourth-order valence-electron chi connectivity index (χ4n) is 4.09. The number of piperidine rings is 1. The first-order chi connectivity index (χ1) is 11.5. The van der Waals surface area contributed by atoms with Gasteiger partial charge < -0.3 is 14.3 Å². The standard InChI is InChI=1S/C18H21NO5/c1-19-13-8-9-14(19)18(11-20,17(22)23-2)15(10-13)24-16(21)12-6-4-3-5-7-12/h3-7,11,13-15H,8-10H2,1-2H3/t13-,14+,15+,18-/m1/s1. The number of methoxy groups -OCH3 is 1. The van der Waals surface area contributed by atoms with E-state index in [-0.39, 0.29) is 12.1 Å². The molecule has 0 radical (unpaired) electrons. The van der Waals surface area contributed by atoms with E-state index in [1.54, 1.807) is 30.3 Å². The van der Waals surface area contributed by atoms with E-state index in [2.05, 4.69) is 0 Å². The molecule has 2 bridgehead atoms. The first-order valence-corrected chi connectivity index (χ1v) is 8.07. The van der Waals surface area contributed by atoms with Gasteiger partial charge in [-0.25, -0.2) is 4.79 Å². The van der Waals surface area contributed by atoms with Crippen LogP contribution in [0.15, 0.2) is 30.3 Å². The minimum absolute atomic E-state index is 0.196. The smallest absolute Gasteiger partial charge is 0.338 e. The molecule has 0 aromatic heterocycles. The molecule has 1 aromatic carbocycles. The number of nitrogens with zero attached hydrogens (tertiary/aromatic N) is 1. The molecule has 2 heterocycles. The number of carbonyl (C=O) groups is 3. The Hall–Kier alpha value is -2.21. The molecule has 2 aliphatic heterocycles. The zero-order valence-corrected chi connectivity index (χ0v) is 13.8. The van der Waals surface area contributed by atoms with Crippen molar-refractivity contribution in [3.05, 3.63) is 35.9 Å². The summed E-state index contributed by atoms with van der Waals surface area (Å²) in [6, 6.07) is 8.46. The molecule has 6 heteroatoms. The predicted octanol–water partition coefficient (Wildman–Crippen LogP) is 1.44. The second-order valence-corrected chi connectivity index (χ2v) is 6.45. The first-order valence-electron chi connectivity index (χ1n) is 8.07. The van der Waals surface area contributed by atoms with Gasteiger partial charge in [-0.05, 0) is 32.0 Å². The summed E-state index contributed by atoms with van der Waals surface area (Å²) in [7, 11) is 3.16. The molecule has 0 aliphatic carbocycles. The Morgan fingerprint density at radius 2 is 1.96 bits per heavy atom. The lowest BCUT2D eigenvalue weighted by Gasteiger charge is -2.46. The van der Waals surface area contributed by atoms with Crippen LogP contribution in [0.2, 0.25) is 0 Å². The van der Waals surface area contributed by atoms with Gasteiger partial charge in [0.1, 0.15) is 12.4 Å². The number of esters is 2. The molecule has 4 atom stereocenters. The van der Waals surface area contributed by atoms with Crippen molar-refractivity contribution in [3.8, 4) is 0 Å². The Bertz CT molecular complexity index is 646. The summed E-state index contributed by atoms with van der Waals surface area (Å²) in [6.07, 6.45) is 1.81. The Labute approximate surface area is 140 Å².